The molecule has 0 aliphatic carbocycles. The van der Waals surface area contributed by atoms with Crippen molar-refractivity contribution in [1.29, 1.82) is 0 Å². The zero-order valence-electron chi connectivity index (χ0n) is 19.4. The minimum absolute atomic E-state index is 0.0642. The maximum absolute atomic E-state index is 13.0. The van der Waals surface area contributed by atoms with Crippen molar-refractivity contribution in [3.05, 3.63) is 34.9 Å². The number of benzene rings is 1. The van der Waals surface area contributed by atoms with Crippen molar-refractivity contribution < 1.29 is 38.1 Å². The van der Waals surface area contributed by atoms with E-state index >= 15 is 0 Å². The van der Waals surface area contributed by atoms with Crippen LogP contribution in [-0.4, -0.2) is 94.0 Å². The molecule has 35 heavy (non-hydrogen) atoms. The molecule has 0 radical (unpaired) electrons. The van der Waals surface area contributed by atoms with Crippen LogP contribution in [0.15, 0.2) is 18.2 Å². The summed E-state index contributed by atoms with van der Waals surface area (Å²) in [6.45, 7) is 3.70. The van der Waals surface area contributed by atoms with E-state index in [1.165, 1.54) is 6.07 Å². The Morgan fingerprint density at radius 3 is 2.23 bits per heavy atom. The van der Waals surface area contributed by atoms with E-state index in [2.05, 4.69) is 17.2 Å². The van der Waals surface area contributed by atoms with Crippen molar-refractivity contribution >= 4 is 23.6 Å². The van der Waals surface area contributed by atoms with Crippen molar-refractivity contribution in [2.24, 2.45) is 5.73 Å². The molecule has 1 aromatic rings. The van der Waals surface area contributed by atoms with Gasteiger partial charge >= 0.3 is 0 Å². The lowest BCUT2D eigenvalue weighted by Gasteiger charge is -2.27. The molecule has 2 aliphatic rings. The quantitative estimate of drug-likeness (QED) is 0.213. The minimum atomic E-state index is -1.01. The van der Waals surface area contributed by atoms with Crippen molar-refractivity contribution in [3.63, 3.8) is 0 Å². The van der Waals surface area contributed by atoms with Gasteiger partial charge in [-0.2, -0.15) is 0 Å². The minimum Gasteiger partial charge on any atom is -0.378 e. The number of hydrogen-bond donors (Lipinski definition) is 2. The highest BCUT2D eigenvalue weighted by Crippen LogP contribution is 2.29. The van der Waals surface area contributed by atoms with Crippen LogP contribution in [0.2, 0.25) is 0 Å². The normalized spacial score (nSPS) is 17.3. The van der Waals surface area contributed by atoms with Crippen LogP contribution in [0.1, 0.15) is 39.1 Å². The number of nitrogens with zero attached hydrogens (tertiary/aromatic N) is 1. The van der Waals surface area contributed by atoms with Gasteiger partial charge in [-0.3, -0.25) is 29.4 Å². The molecular weight excluding hydrogens is 458 g/mol. The molecular formula is C24H29N3O8. The second-order valence-corrected chi connectivity index (χ2v) is 7.66. The lowest BCUT2D eigenvalue weighted by atomic mass is 10.0. The SMILES string of the molecule is NCCOCCOCCOCCOCC#Cc1cccc2c1C(=O)N(C1CCC(=O)NC1=O)C2=O. The summed E-state index contributed by atoms with van der Waals surface area (Å²) in [7, 11) is 0. The summed E-state index contributed by atoms with van der Waals surface area (Å²) in [5, 5.41) is 2.18. The fourth-order valence-corrected chi connectivity index (χ4v) is 3.62. The van der Waals surface area contributed by atoms with Crippen LogP contribution in [0.3, 0.4) is 0 Å². The van der Waals surface area contributed by atoms with Crippen LogP contribution >= 0.6 is 0 Å². The van der Waals surface area contributed by atoms with Gasteiger partial charge in [0.2, 0.25) is 11.8 Å². The van der Waals surface area contributed by atoms with Crippen molar-refractivity contribution in [2.45, 2.75) is 18.9 Å². The van der Waals surface area contributed by atoms with E-state index < -0.39 is 29.7 Å². The molecule has 11 nitrogen and oxygen atoms in total. The standard InChI is InChI=1S/C24H29N3O8/c25-8-10-33-12-14-35-16-15-34-13-11-32-9-2-4-17-3-1-5-18-21(17)24(31)27(23(18)30)19-6-7-20(28)26-22(19)29/h1,3,5,19H,6-16,25H2,(H,26,28,29). The molecule has 188 valence electrons. The first-order valence-electron chi connectivity index (χ1n) is 11.4. The molecule has 3 rings (SSSR count). The second kappa shape index (κ2) is 13.7. The number of carbonyl (C=O) groups is 4. The van der Waals surface area contributed by atoms with E-state index in [1.54, 1.807) is 12.1 Å². The van der Waals surface area contributed by atoms with Crippen LogP contribution in [0.5, 0.6) is 0 Å². The van der Waals surface area contributed by atoms with Gasteiger partial charge < -0.3 is 24.7 Å². The molecule has 2 heterocycles. The van der Waals surface area contributed by atoms with Crippen LogP contribution in [0.4, 0.5) is 0 Å². The fraction of sp³-hybridized carbons (Fsp3) is 0.500. The first kappa shape index (κ1) is 26.5. The molecule has 4 amide bonds. The van der Waals surface area contributed by atoms with Crippen LogP contribution in [0.25, 0.3) is 0 Å². The molecule has 0 aromatic heterocycles. The average Bonchev–Trinajstić information content (AvgIpc) is 3.10. The predicted molar refractivity (Wildman–Crippen MR) is 122 cm³/mol. The van der Waals surface area contributed by atoms with E-state index in [0.29, 0.717) is 58.4 Å². The highest BCUT2D eigenvalue weighted by Gasteiger charge is 2.45. The maximum atomic E-state index is 13.0. The van der Waals surface area contributed by atoms with Crippen LogP contribution in [-0.2, 0) is 28.5 Å². The smallest absolute Gasteiger partial charge is 0.263 e. The van der Waals surface area contributed by atoms with Gasteiger partial charge in [-0.25, -0.2) is 0 Å². The van der Waals surface area contributed by atoms with Crippen LogP contribution < -0.4 is 11.1 Å². The summed E-state index contributed by atoms with van der Waals surface area (Å²) in [5.74, 6) is 3.47. The van der Waals surface area contributed by atoms with Gasteiger partial charge in [0.15, 0.2) is 0 Å². The molecule has 1 fully saturated rings. The Morgan fingerprint density at radius 1 is 0.914 bits per heavy atom. The first-order valence-corrected chi connectivity index (χ1v) is 11.4. The predicted octanol–water partition coefficient (Wildman–Crippen LogP) is -0.536. The number of nitrogens with one attached hydrogen (secondary N) is 1. The number of imide groups is 2. The third-order valence-corrected chi connectivity index (χ3v) is 5.24. The molecule has 1 unspecified atom stereocenters. The van der Waals surface area contributed by atoms with E-state index in [1.807, 2.05) is 0 Å². The molecule has 1 atom stereocenters. The van der Waals surface area contributed by atoms with Gasteiger partial charge in [-0.05, 0) is 18.6 Å². The largest absolute Gasteiger partial charge is 0.378 e. The highest BCUT2D eigenvalue weighted by molar-refractivity contribution is 6.24. The number of rotatable bonds is 13. The molecule has 11 heteroatoms. The number of fused-ring (bicyclic) bond motifs is 1. The Balaban J connectivity index is 1.42. The Hall–Kier alpha value is -3.14. The van der Waals surface area contributed by atoms with E-state index in [9.17, 15) is 19.2 Å². The number of carbonyl (C=O) groups excluding carboxylic acids is 4. The van der Waals surface area contributed by atoms with Gasteiger partial charge in [0.05, 0.1) is 57.4 Å². The number of piperidine rings is 1. The topological polar surface area (TPSA) is 146 Å². The molecule has 3 N–H and O–H groups in total. The summed E-state index contributed by atoms with van der Waals surface area (Å²) in [6.07, 6.45) is 0.164. The molecule has 2 aliphatic heterocycles. The third-order valence-electron chi connectivity index (χ3n) is 5.24. The molecule has 0 spiro atoms. The Kier molecular flexibility index (Phi) is 10.3. The molecule has 0 saturated carbocycles. The summed E-state index contributed by atoms with van der Waals surface area (Å²) < 4.78 is 21.3. The number of ether oxygens (including phenoxy) is 4. The number of hydrogen-bond acceptors (Lipinski definition) is 9. The monoisotopic (exact) mass is 487 g/mol. The van der Waals surface area contributed by atoms with Gasteiger partial charge in [0, 0.05) is 18.5 Å². The molecule has 1 aromatic carbocycles. The molecule has 0 bridgehead atoms. The lowest BCUT2D eigenvalue weighted by Crippen LogP contribution is -2.54. The number of nitrogens with two attached hydrogens (primary N) is 1. The molecule has 1 saturated heterocycles. The Morgan fingerprint density at radius 2 is 1.57 bits per heavy atom. The average molecular weight is 488 g/mol. The summed E-state index contributed by atoms with van der Waals surface area (Å²) >= 11 is 0. The fourth-order valence-electron chi connectivity index (χ4n) is 3.62. The van der Waals surface area contributed by atoms with Crippen molar-refractivity contribution in [3.8, 4) is 11.8 Å². The summed E-state index contributed by atoms with van der Waals surface area (Å²) in [6, 6.07) is 3.77. The Bertz CT molecular complexity index is 1000. The lowest BCUT2D eigenvalue weighted by molar-refractivity contribution is -0.136. The highest BCUT2D eigenvalue weighted by atomic mass is 16.6. The van der Waals surface area contributed by atoms with Gasteiger partial charge in [-0.15, -0.1) is 0 Å². The van der Waals surface area contributed by atoms with E-state index in [-0.39, 0.29) is 30.6 Å². The third kappa shape index (κ3) is 7.17. The van der Waals surface area contributed by atoms with Crippen LogP contribution in [0, 0.1) is 11.8 Å². The zero-order chi connectivity index (χ0) is 25.0. The number of amides is 4. The van der Waals surface area contributed by atoms with E-state index in [4.69, 9.17) is 24.7 Å². The summed E-state index contributed by atoms with van der Waals surface area (Å²) in [5.41, 5.74) is 6.04. The van der Waals surface area contributed by atoms with E-state index in [0.717, 1.165) is 4.90 Å². The van der Waals surface area contributed by atoms with Gasteiger partial charge in [-0.1, -0.05) is 17.9 Å². The summed E-state index contributed by atoms with van der Waals surface area (Å²) in [4.78, 5) is 50.3. The maximum Gasteiger partial charge on any atom is 0.263 e. The van der Waals surface area contributed by atoms with Crippen molar-refractivity contribution in [1.82, 2.24) is 10.2 Å². The first-order chi connectivity index (χ1) is 17.0. The Labute approximate surface area is 203 Å². The van der Waals surface area contributed by atoms with Gasteiger partial charge in [0.25, 0.3) is 11.8 Å². The second-order valence-electron chi connectivity index (χ2n) is 7.66. The van der Waals surface area contributed by atoms with Crippen molar-refractivity contribution in [2.75, 3.05) is 59.4 Å². The van der Waals surface area contributed by atoms with Gasteiger partial charge in [0.1, 0.15) is 12.6 Å². The zero-order valence-corrected chi connectivity index (χ0v) is 19.4.